The molecule has 2 aliphatic rings. The van der Waals surface area contributed by atoms with Crippen molar-refractivity contribution in [2.45, 2.75) is 104 Å². The molecule has 2 saturated heterocycles. The Labute approximate surface area is 148 Å². The molecule has 2 rings (SSSR count). The Bertz CT molecular complexity index is 479. The molecule has 0 aromatic heterocycles. The van der Waals surface area contributed by atoms with Crippen molar-refractivity contribution in [2.75, 3.05) is 0 Å². The Morgan fingerprint density at radius 3 is 1.58 bits per heavy atom. The van der Waals surface area contributed by atoms with Crippen molar-refractivity contribution in [3.05, 3.63) is 11.6 Å². The third-order valence-electron chi connectivity index (χ3n) is 6.04. The average Bonchev–Trinajstić information content (AvgIpc) is 2.67. The summed E-state index contributed by atoms with van der Waals surface area (Å²) in [7, 11) is -0.417. The van der Waals surface area contributed by atoms with Gasteiger partial charge in [0.25, 0.3) is 0 Å². The van der Waals surface area contributed by atoms with E-state index < -0.39 is 0 Å². The molecule has 0 saturated carbocycles. The van der Waals surface area contributed by atoms with Gasteiger partial charge in [0.1, 0.15) is 0 Å². The van der Waals surface area contributed by atoms with E-state index in [0.717, 1.165) is 6.32 Å². The maximum atomic E-state index is 6.13. The molecule has 0 radical (unpaired) electrons. The van der Waals surface area contributed by atoms with Gasteiger partial charge < -0.3 is 18.6 Å². The van der Waals surface area contributed by atoms with Crippen LogP contribution in [0.3, 0.4) is 0 Å². The van der Waals surface area contributed by atoms with Crippen LogP contribution in [0.5, 0.6) is 0 Å². The van der Waals surface area contributed by atoms with E-state index in [1.54, 1.807) is 0 Å². The molecule has 0 bridgehead atoms. The summed E-state index contributed by atoms with van der Waals surface area (Å²) >= 11 is 0. The maximum Gasteiger partial charge on any atom is 0.464 e. The van der Waals surface area contributed by atoms with Crippen molar-refractivity contribution < 1.29 is 18.6 Å². The number of allylic oxidation sites excluding steroid dienone is 2. The summed E-state index contributed by atoms with van der Waals surface area (Å²) in [5, 5.41) is 0. The highest BCUT2D eigenvalue weighted by Crippen LogP contribution is 2.41. The molecular weight excluding hydrogens is 302 g/mol. The summed E-state index contributed by atoms with van der Waals surface area (Å²) in [6.07, 6.45) is 2.98. The van der Waals surface area contributed by atoms with Gasteiger partial charge >= 0.3 is 14.2 Å². The molecular formula is C18H34B2O4. The fourth-order valence-electron chi connectivity index (χ4n) is 3.01. The predicted octanol–water partition coefficient (Wildman–Crippen LogP) is 4.51. The largest absolute Gasteiger partial charge is 0.464 e. The zero-order valence-corrected chi connectivity index (χ0v) is 17.1. The van der Waals surface area contributed by atoms with Gasteiger partial charge in [0.05, 0.1) is 22.4 Å². The summed E-state index contributed by atoms with van der Waals surface area (Å²) in [5.74, 6) is 0.175. The van der Waals surface area contributed by atoms with Gasteiger partial charge in [0.15, 0.2) is 0 Å². The summed E-state index contributed by atoms with van der Waals surface area (Å²) in [4.78, 5) is 0. The Morgan fingerprint density at radius 2 is 1.17 bits per heavy atom. The predicted molar refractivity (Wildman–Crippen MR) is 100 cm³/mol. The second-order valence-corrected chi connectivity index (χ2v) is 9.39. The van der Waals surface area contributed by atoms with Gasteiger partial charge in [-0.3, -0.25) is 0 Å². The van der Waals surface area contributed by atoms with E-state index in [1.165, 1.54) is 5.57 Å². The van der Waals surface area contributed by atoms with Gasteiger partial charge in [-0.2, -0.15) is 0 Å². The second-order valence-electron chi connectivity index (χ2n) is 9.39. The molecule has 4 nitrogen and oxygen atoms in total. The van der Waals surface area contributed by atoms with Crippen LogP contribution in [0.15, 0.2) is 11.6 Å². The minimum Gasteiger partial charge on any atom is -0.403 e. The lowest BCUT2D eigenvalue weighted by molar-refractivity contribution is 0.00578. The van der Waals surface area contributed by atoms with Crippen molar-refractivity contribution in [3.8, 4) is 0 Å². The van der Waals surface area contributed by atoms with Crippen LogP contribution in [-0.2, 0) is 18.6 Å². The Kier molecular flexibility index (Phi) is 5.13. The fraction of sp³-hybridized carbons (Fsp3) is 0.889. The van der Waals surface area contributed by atoms with Crippen LogP contribution in [0.1, 0.15) is 69.2 Å². The average molecular weight is 336 g/mol. The van der Waals surface area contributed by atoms with Crippen LogP contribution in [0, 0.1) is 0 Å². The summed E-state index contributed by atoms with van der Waals surface area (Å²) in [5.41, 5.74) is 0.0827. The molecule has 136 valence electrons. The second kappa shape index (κ2) is 6.15. The first-order chi connectivity index (χ1) is 10.7. The lowest BCUT2D eigenvalue weighted by Crippen LogP contribution is -2.41. The van der Waals surface area contributed by atoms with E-state index in [9.17, 15) is 0 Å². The topological polar surface area (TPSA) is 36.9 Å². The molecule has 2 fully saturated rings. The highest BCUT2D eigenvalue weighted by atomic mass is 16.7. The quantitative estimate of drug-likeness (QED) is 0.559. The summed E-state index contributed by atoms with van der Waals surface area (Å²) < 4.78 is 24.4. The normalized spacial score (nSPS) is 29.2. The molecule has 24 heavy (non-hydrogen) atoms. The minimum atomic E-state index is -0.292. The molecule has 1 unspecified atom stereocenters. The highest BCUT2D eigenvalue weighted by Gasteiger charge is 2.53. The van der Waals surface area contributed by atoms with Crippen LogP contribution in [0.2, 0.25) is 12.1 Å². The van der Waals surface area contributed by atoms with Gasteiger partial charge in [-0.05, 0) is 62.3 Å². The molecule has 0 spiro atoms. The summed E-state index contributed by atoms with van der Waals surface area (Å²) in [6.45, 7) is 20.9. The van der Waals surface area contributed by atoms with E-state index in [2.05, 4.69) is 75.3 Å². The summed E-state index contributed by atoms with van der Waals surface area (Å²) in [6, 6.07) is 0. The number of hydrogen-bond donors (Lipinski definition) is 0. The SMILES string of the molecule is C/C(=C\C(C)B1OC(C)(C)C(C)(C)O1)CB1OC(C)(C)C(C)(C)O1. The lowest BCUT2D eigenvalue weighted by Gasteiger charge is -2.32. The van der Waals surface area contributed by atoms with E-state index >= 15 is 0 Å². The first-order valence-corrected chi connectivity index (χ1v) is 9.05. The molecule has 1 atom stereocenters. The van der Waals surface area contributed by atoms with E-state index in [0.29, 0.717) is 0 Å². The lowest BCUT2D eigenvalue weighted by atomic mass is 9.70. The Morgan fingerprint density at radius 1 is 0.792 bits per heavy atom. The molecule has 0 aromatic carbocycles. The maximum absolute atomic E-state index is 6.13. The van der Waals surface area contributed by atoms with Gasteiger partial charge in [0.2, 0.25) is 0 Å². The van der Waals surface area contributed by atoms with E-state index in [-0.39, 0.29) is 42.5 Å². The van der Waals surface area contributed by atoms with Crippen molar-refractivity contribution in [1.29, 1.82) is 0 Å². The van der Waals surface area contributed by atoms with E-state index in [1.807, 2.05) is 0 Å². The van der Waals surface area contributed by atoms with Crippen molar-refractivity contribution >= 4 is 14.2 Å². The third-order valence-corrected chi connectivity index (χ3v) is 6.04. The van der Waals surface area contributed by atoms with Crippen LogP contribution in [0.25, 0.3) is 0 Å². The van der Waals surface area contributed by atoms with Gasteiger partial charge in [-0.1, -0.05) is 18.6 Å². The highest BCUT2D eigenvalue weighted by molar-refractivity contribution is 6.48. The molecule has 2 heterocycles. The Hall–Kier alpha value is -0.290. The first-order valence-electron chi connectivity index (χ1n) is 9.05. The third kappa shape index (κ3) is 3.77. The first kappa shape index (κ1) is 20.0. The molecule has 2 aliphatic heterocycles. The monoisotopic (exact) mass is 336 g/mol. The van der Waals surface area contributed by atoms with Gasteiger partial charge in [-0.25, -0.2) is 0 Å². The van der Waals surface area contributed by atoms with E-state index in [4.69, 9.17) is 18.6 Å². The van der Waals surface area contributed by atoms with Crippen molar-refractivity contribution in [1.82, 2.24) is 0 Å². The van der Waals surface area contributed by atoms with Gasteiger partial charge in [-0.15, -0.1) is 0 Å². The smallest absolute Gasteiger partial charge is 0.403 e. The van der Waals surface area contributed by atoms with Crippen LogP contribution in [0.4, 0.5) is 0 Å². The van der Waals surface area contributed by atoms with Crippen LogP contribution >= 0.6 is 0 Å². The molecule has 0 amide bonds. The zero-order valence-electron chi connectivity index (χ0n) is 17.1. The van der Waals surface area contributed by atoms with Crippen molar-refractivity contribution in [2.24, 2.45) is 0 Å². The van der Waals surface area contributed by atoms with Gasteiger partial charge in [0, 0.05) is 12.1 Å². The fourth-order valence-corrected chi connectivity index (χ4v) is 3.01. The molecule has 0 N–H and O–H groups in total. The van der Waals surface area contributed by atoms with Crippen molar-refractivity contribution in [3.63, 3.8) is 0 Å². The van der Waals surface area contributed by atoms with Crippen LogP contribution in [-0.4, -0.2) is 36.6 Å². The van der Waals surface area contributed by atoms with Crippen LogP contribution < -0.4 is 0 Å². The molecule has 0 aliphatic carbocycles. The number of rotatable bonds is 4. The standard InChI is InChI=1S/C18H34B2O4/c1-13(12-19-21-15(3,4)16(5,6)22-19)11-14(2)20-23-17(7,8)18(9,10)24-20/h11,14H,12H2,1-10H3/b13-11+. The molecule has 6 heteroatoms. The minimum absolute atomic E-state index is 0.175. The number of hydrogen-bond acceptors (Lipinski definition) is 4. The molecule has 0 aromatic rings. The zero-order chi connectivity index (χ0) is 18.6. The Balaban J connectivity index is 1.97.